The normalized spacial score (nSPS) is 10.1. The van der Waals surface area contributed by atoms with Crippen molar-refractivity contribution < 1.29 is 10.0 Å². The van der Waals surface area contributed by atoms with Crippen LogP contribution in [0.1, 0.15) is 0 Å². The molecule has 5 nitrogen and oxygen atoms in total. The van der Waals surface area contributed by atoms with Gasteiger partial charge in [0.15, 0.2) is 0 Å². The summed E-state index contributed by atoms with van der Waals surface area (Å²) < 4.78 is 0. The Morgan fingerprint density at radius 1 is 1.11 bits per heavy atom. The molecule has 0 aliphatic heterocycles. The van der Waals surface area contributed by atoms with E-state index in [1.54, 1.807) is 43.4 Å². The molecule has 0 atom stereocenters. The predicted molar refractivity (Wildman–Crippen MR) is 69.7 cm³/mol. The fraction of sp³-hybridized carbons (Fsp3) is 0.0769. The topological polar surface area (TPSA) is 75.4 Å². The molecule has 0 saturated heterocycles. The SMILES string of the molecule is CNc1cc(-c2ccc(O)cc2)ccc1[N+](=O)[O-]. The Morgan fingerprint density at radius 2 is 1.72 bits per heavy atom. The molecule has 0 saturated carbocycles. The summed E-state index contributed by atoms with van der Waals surface area (Å²) in [4.78, 5) is 10.4. The molecular formula is C13H12N2O3. The standard InChI is InChI=1S/C13H12N2O3/c1-14-12-8-10(4-7-13(12)15(17)18)9-2-5-11(16)6-3-9/h2-8,14,16H,1H3. The molecule has 2 N–H and O–H groups in total. The van der Waals surface area contributed by atoms with Gasteiger partial charge in [0.25, 0.3) is 5.69 Å². The number of hydrogen-bond donors (Lipinski definition) is 2. The molecule has 0 unspecified atom stereocenters. The Hall–Kier alpha value is -2.56. The minimum atomic E-state index is -0.424. The van der Waals surface area contributed by atoms with Gasteiger partial charge >= 0.3 is 0 Å². The molecule has 0 bridgehead atoms. The van der Waals surface area contributed by atoms with Crippen LogP contribution < -0.4 is 5.32 Å². The van der Waals surface area contributed by atoms with E-state index in [0.717, 1.165) is 11.1 Å². The number of benzene rings is 2. The summed E-state index contributed by atoms with van der Waals surface area (Å²) in [5.74, 6) is 0.189. The maximum atomic E-state index is 10.8. The van der Waals surface area contributed by atoms with Gasteiger partial charge in [-0.1, -0.05) is 12.1 Å². The van der Waals surface area contributed by atoms with Crippen LogP contribution >= 0.6 is 0 Å². The number of phenols is 1. The molecule has 5 heteroatoms. The van der Waals surface area contributed by atoms with Gasteiger partial charge in [-0.25, -0.2) is 0 Å². The average Bonchev–Trinajstić information content (AvgIpc) is 2.38. The molecule has 2 aromatic carbocycles. The quantitative estimate of drug-likeness (QED) is 0.642. The van der Waals surface area contributed by atoms with Gasteiger partial charge in [0.05, 0.1) is 4.92 Å². The number of anilines is 1. The maximum absolute atomic E-state index is 10.8. The molecule has 2 aromatic rings. The minimum absolute atomic E-state index is 0.0417. The number of nitro groups is 1. The molecule has 0 aliphatic carbocycles. The Bertz CT molecular complexity index is 579. The third kappa shape index (κ3) is 2.24. The van der Waals surface area contributed by atoms with E-state index in [-0.39, 0.29) is 11.4 Å². The zero-order valence-corrected chi connectivity index (χ0v) is 9.75. The van der Waals surface area contributed by atoms with Crippen molar-refractivity contribution >= 4 is 11.4 Å². The van der Waals surface area contributed by atoms with Crippen LogP contribution in [-0.4, -0.2) is 17.1 Å². The summed E-state index contributed by atoms with van der Waals surface area (Å²) in [5, 5.41) is 22.8. The highest BCUT2D eigenvalue weighted by Crippen LogP contribution is 2.30. The summed E-state index contributed by atoms with van der Waals surface area (Å²) in [6, 6.07) is 11.5. The van der Waals surface area contributed by atoms with Crippen LogP contribution in [0.4, 0.5) is 11.4 Å². The lowest BCUT2D eigenvalue weighted by Crippen LogP contribution is -1.96. The van der Waals surface area contributed by atoms with Crippen molar-refractivity contribution in [3.8, 4) is 16.9 Å². The van der Waals surface area contributed by atoms with Gasteiger partial charge in [0.2, 0.25) is 0 Å². The summed E-state index contributed by atoms with van der Waals surface area (Å²) >= 11 is 0. The second kappa shape index (κ2) is 4.75. The van der Waals surface area contributed by atoms with Crippen LogP contribution in [0.15, 0.2) is 42.5 Å². The van der Waals surface area contributed by atoms with Gasteiger partial charge in [-0.05, 0) is 35.4 Å². The second-order valence-electron chi connectivity index (χ2n) is 3.79. The monoisotopic (exact) mass is 244 g/mol. The van der Waals surface area contributed by atoms with E-state index in [1.807, 2.05) is 0 Å². The number of hydrogen-bond acceptors (Lipinski definition) is 4. The van der Waals surface area contributed by atoms with Crippen molar-refractivity contribution in [3.05, 3.63) is 52.6 Å². The second-order valence-corrected chi connectivity index (χ2v) is 3.79. The van der Waals surface area contributed by atoms with E-state index < -0.39 is 4.92 Å². The van der Waals surface area contributed by atoms with Gasteiger partial charge < -0.3 is 10.4 Å². The first-order chi connectivity index (χ1) is 8.61. The van der Waals surface area contributed by atoms with Crippen molar-refractivity contribution in [2.45, 2.75) is 0 Å². The molecule has 92 valence electrons. The number of phenolic OH excluding ortho intramolecular Hbond substituents is 1. The van der Waals surface area contributed by atoms with Gasteiger partial charge in [0.1, 0.15) is 11.4 Å². The summed E-state index contributed by atoms with van der Waals surface area (Å²) in [5.41, 5.74) is 2.25. The van der Waals surface area contributed by atoms with E-state index in [4.69, 9.17) is 0 Å². The van der Waals surface area contributed by atoms with Crippen LogP contribution in [0.3, 0.4) is 0 Å². The highest BCUT2D eigenvalue weighted by Gasteiger charge is 2.13. The van der Waals surface area contributed by atoms with Gasteiger partial charge in [-0.15, -0.1) is 0 Å². The van der Waals surface area contributed by atoms with E-state index >= 15 is 0 Å². The molecule has 0 amide bonds. The van der Waals surface area contributed by atoms with Crippen molar-refractivity contribution in [3.63, 3.8) is 0 Å². The number of rotatable bonds is 3. The van der Waals surface area contributed by atoms with Crippen LogP contribution in [0.5, 0.6) is 5.75 Å². The Labute approximate surface area is 104 Å². The number of nitrogens with one attached hydrogen (secondary N) is 1. The number of aromatic hydroxyl groups is 1. The minimum Gasteiger partial charge on any atom is -0.508 e. The van der Waals surface area contributed by atoms with Crippen molar-refractivity contribution in [1.29, 1.82) is 0 Å². The zero-order valence-electron chi connectivity index (χ0n) is 9.75. The van der Waals surface area contributed by atoms with E-state index in [1.165, 1.54) is 6.07 Å². The van der Waals surface area contributed by atoms with Gasteiger partial charge in [-0.2, -0.15) is 0 Å². The maximum Gasteiger partial charge on any atom is 0.292 e. The average molecular weight is 244 g/mol. The predicted octanol–water partition coefficient (Wildman–Crippen LogP) is 3.01. The first-order valence-electron chi connectivity index (χ1n) is 5.37. The highest BCUT2D eigenvalue weighted by molar-refractivity contribution is 5.74. The lowest BCUT2D eigenvalue weighted by atomic mass is 10.0. The first kappa shape index (κ1) is 11.9. The highest BCUT2D eigenvalue weighted by atomic mass is 16.6. The third-order valence-corrected chi connectivity index (χ3v) is 2.66. The van der Waals surface area contributed by atoms with Crippen LogP contribution in [-0.2, 0) is 0 Å². The first-order valence-corrected chi connectivity index (χ1v) is 5.37. The largest absolute Gasteiger partial charge is 0.508 e. The van der Waals surface area contributed by atoms with Gasteiger partial charge in [0, 0.05) is 13.1 Å². The summed E-state index contributed by atoms with van der Waals surface area (Å²) in [7, 11) is 1.64. The molecule has 0 aliphatic rings. The summed E-state index contributed by atoms with van der Waals surface area (Å²) in [6.07, 6.45) is 0. The lowest BCUT2D eigenvalue weighted by molar-refractivity contribution is -0.383. The fourth-order valence-corrected chi connectivity index (χ4v) is 1.73. The van der Waals surface area contributed by atoms with Crippen molar-refractivity contribution in [2.75, 3.05) is 12.4 Å². The molecule has 18 heavy (non-hydrogen) atoms. The Kier molecular flexibility index (Phi) is 3.14. The molecule has 2 rings (SSSR count). The summed E-state index contributed by atoms with van der Waals surface area (Å²) in [6.45, 7) is 0. The van der Waals surface area contributed by atoms with E-state index in [9.17, 15) is 15.2 Å². The molecule has 0 spiro atoms. The van der Waals surface area contributed by atoms with Crippen molar-refractivity contribution in [2.24, 2.45) is 0 Å². The third-order valence-electron chi connectivity index (χ3n) is 2.66. The zero-order chi connectivity index (χ0) is 13.1. The molecule has 0 fully saturated rings. The van der Waals surface area contributed by atoms with E-state index in [0.29, 0.717) is 5.69 Å². The van der Waals surface area contributed by atoms with Gasteiger partial charge in [-0.3, -0.25) is 10.1 Å². The van der Waals surface area contributed by atoms with E-state index in [2.05, 4.69) is 5.32 Å². The molecular weight excluding hydrogens is 232 g/mol. The lowest BCUT2D eigenvalue weighted by Gasteiger charge is -2.06. The van der Waals surface area contributed by atoms with Crippen LogP contribution in [0.2, 0.25) is 0 Å². The number of nitro benzene ring substituents is 1. The Balaban J connectivity index is 2.47. The molecule has 0 radical (unpaired) electrons. The molecule has 0 aromatic heterocycles. The van der Waals surface area contributed by atoms with Crippen LogP contribution in [0.25, 0.3) is 11.1 Å². The van der Waals surface area contributed by atoms with Crippen molar-refractivity contribution in [1.82, 2.24) is 0 Å². The fourth-order valence-electron chi connectivity index (χ4n) is 1.73. The molecule has 0 heterocycles. The Morgan fingerprint density at radius 3 is 2.28 bits per heavy atom. The number of nitrogens with zero attached hydrogens (tertiary/aromatic N) is 1. The van der Waals surface area contributed by atoms with Crippen LogP contribution in [0, 0.1) is 10.1 Å². The smallest absolute Gasteiger partial charge is 0.292 e.